The van der Waals surface area contributed by atoms with Crippen molar-refractivity contribution in [3.05, 3.63) is 87.1 Å². The summed E-state index contributed by atoms with van der Waals surface area (Å²) in [5.41, 5.74) is 2.07. The lowest BCUT2D eigenvalue weighted by Crippen LogP contribution is -2.39. The van der Waals surface area contributed by atoms with Gasteiger partial charge in [-0.05, 0) is 29.6 Å². The third-order valence-corrected chi connectivity index (χ3v) is 6.54. The van der Waals surface area contributed by atoms with E-state index in [1.165, 1.54) is 9.91 Å². The Morgan fingerprint density at radius 3 is 2.62 bits per heavy atom. The van der Waals surface area contributed by atoms with Crippen molar-refractivity contribution in [2.45, 2.75) is 12.5 Å². The SMILES string of the molecule is COc1ccccc1[C@H]1CC(c2cccs2)=NN1C(=O)CN(C)C(=O)c1ccccc1Cl. The van der Waals surface area contributed by atoms with Crippen LogP contribution in [0.2, 0.25) is 5.02 Å². The van der Waals surface area contributed by atoms with Crippen molar-refractivity contribution < 1.29 is 14.3 Å². The molecular formula is C24H22ClN3O3S. The molecule has 2 amide bonds. The molecule has 0 unspecified atom stereocenters. The highest BCUT2D eigenvalue weighted by molar-refractivity contribution is 7.12. The van der Waals surface area contributed by atoms with Crippen LogP contribution in [-0.2, 0) is 4.79 Å². The fourth-order valence-corrected chi connectivity index (χ4v) is 4.64. The van der Waals surface area contributed by atoms with Crippen LogP contribution in [0.3, 0.4) is 0 Å². The molecule has 6 nitrogen and oxygen atoms in total. The number of hydrogen-bond donors (Lipinski definition) is 0. The number of likely N-dealkylation sites (N-methyl/N-ethyl adjacent to an activating group) is 1. The predicted octanol–water partition coefficient (Wildman–Crippen LogP) is 4.86. The lowest BCUT2D eigenvalue weighted by molar-refractivity contribution is -0.133. The number of thiophene rings is 1. The van der Waals surface area contributed by atoms with Gasteiger partial charge >= 0.3 is 0 Å². The van der Waals surface area contributed by atoms with Crippen LogP contribution in [0.15, 0.2) is 71.1 Å². The lowest BCUT2D eigenvalue weighted by Gasteiger charge is -2.26. The molecule has 0 saturated carbocycles. The maximum atomic E-state index is 13.3. The standard InChI is InChI=1S/C24H22ClN3O3S/c1-27(24(30)16-8-3-5-10-18(16)25)15-23(29)28-20(17-9-4-6-11-21(17)31-2)14-19(26-28)22-12-7-13-32-22/h3-13,20H,14-15H2,1-2H3/t20-/m1/s1. The summed E-state index contributed by atoms with van der Waals surface area (Å²) in [6.45, 7) is -0.128. The van der Waals surface area contributed by atoms with Crippen molar-refractivity contribution in [2.24, 2.45) is 5.10 Å². The number of benzene rings is 2. The molecule has 3 aromatic rings. The van der Waals surface area contributed by atoms with Gasteiger partial charge < -0.3 is 9.64 Å². The predicted molar refractivity (Wildman–Crippen MR) is 126 cm³/mol. The first kappa shape index (κ1) is 22.0. The quantitative estimate of drug-likeness (QED) is 0.520. The van der Waals surface area contributed by atoms with Crippen molar-refractivity contribution in [3.8, 4) is 5.75 Å². The van der Waals surface area contributed by atoms with Gasteiger partial charge in [-0.3, -0.25) is 9.59 Å². The molecule has 0 saturated heterocycles. The van der Waals surface area contributed by atoms with Crippen molar-refractivity contribution in [1.29, 1.82) is 0 Å². The van der Waals surface area contributed by atoms with E-state index in [9.17, 15) is 9.59 Å². The number of halogens is 1. The molecule has 0 spiro atoms. The highest BCUT2D eigenvalue weighted by Gasteiger charge is 2.35. The first-order chi connectivity index (χ1) is 15.5. The summed E-state index contributed by atoms with van der Waals surface area (Å²) in [7, 11) is 3.19. The Labute approximate surface area is 195 Å². The number of amides is 2. The Kier molecular flexibility index (Phi) is 6.58. The summed E-state index contributed by atoms with van der Waals surface area (Å²) in [6, 6.07) is 18.0. The van der Waals surface area contributed by atoms with E-state index in [1.807, 2.05) is 41.8 Å². The molecule has 2 heterocycles. The zero-order chi connectivity index (χ0) is 22.7. The molecular weight excluding hydrogens is 446 g/mol. The first-order valence-electron chi connectivity index (χ1n) is 10.1. The molecule has 0 aliphatic carbocycles. The summed E-state index contributed by atoms with van der Waals surface area (Å²) in [5, 5.41) is 8.47. The van der Waals surface area contributed by atoms with Crippen molar-refractivity contribution in [1.82, 2.24) is 9.91 Å². The fraction of sp³-hybridized carbons (Fsp3) is 0.208. The molecule has 1 aliphatic rings. The number of para-hydroxylation sites is 1. The highest BCUT2D eigenvalue weighted by Crippen LogP contribution is 2.38. The van der Waals surface area contributed by atoms with Crippen molar-refractivity contribution >= 4 is 40.5 Å². The molecule has 164 valence electrons. The number of rotatable bonds is 6. The number of carbonyl (C=O) groups excluding carboxylic acids is 2. The maximum absolute atomic E-state index is 13.3. The van der Waals surface area contributed by atoms with Gasteiger partial charge in [0.2, 0.25) is 0 Å². The first-order valence-corrected chi connectivity index (χ1v) is 11.3. The van der Waals surface area contributed by atoms with Gasteiger partial charge in [-0.1, -0.05) is 48.0 Å². The van der Waals surface area contributed by atoms with Crippen molar-refractivity contribution in [2.75, 3.05) is 20.7 Å². The molecule has 1 aromatic heterocycles. The number of hydrogen-bond acceptors (Lipinski definition) is 5. The zero-order valence-corrected chi connectivity index (χ0v) is 19.3. The minimum absolute atomic E-state index is 0.128. The van der Waals surface area contributed by atoms with Gasteiger partial charge in [0.05, 0.1) is 34.3 Å². The van der Waals surface area contributed by atoms with E-state index in [-0.39, 0.29) is 24.4 Å². The fourth-order valence-electron chi connectivity index (χ4n) is 3.70. The van der Waals surface area contributed by atoms with Crippen molar-refractivity contribution in [3.63, 3.8) is 0 Å². The normalized spacial score (nSPS) is 15.4. The van der Waals surface area contributed by atoms with Gasteiger partial charge in [-0.2, -0.15) is 5.10 Å². The van der Waals surface area contributed by atoms with Crippen LogP contribution < -0.4 is 4.74 Å². The van der Waals surface area contributed by atoms with Gasteiger partial charge in [0.15, 0.2) is 0 Å². The van der Waals surface area contributed by atoms with E-state index in [1.54, 1.807) is 49.8 Å². The molecule has 4 rings (SSSR count). The molecule has 1 atom stereocenters. The summed E-state index contributed by atoms with van der Waals surface area (Å²) < 4.78 is 5.54. The molecule has 1 aliphatic heterocycles. The highest BCUT2D eigenvalue weighted by atomic mass is 35.5. The smallest absolute Gasteiger partial charge is 0.262 e. The van der Waals surface area contributed by atoms with E-state index in [2.05, 4.69) is 5.10 Å². The number of methoxy groups -OCH3 is 1. The monoisotopic (exact) mass is 467 g/mol. The molecule has 8 heteroatoms. The average Bonchev–Trinajstić information content (AvgIpc) is 3.49. The summed E-state index contributed by atoms with van der Waals surface area (Å²) in [5.74, 6) is 0.0910. The van der Waals surface area contributed by atoms with Crippen LogP contribution in [-0.4, -0.2) is 48.1 Å². The van der Waals surface area contributed by atoms with Crippen LogP contribution in [0, 0.1) is 0 Å². The second kappa shape index (κ2) is 9.54. The number of carbonyl (C=O) groups is 2. The molecule has 0 radical (unpaired) electrons. The van der Waals surface area contributed by atoms with E-state index in [4.69, 9.17) is 16.3 Å². The lowest BCUT2D eigenvalue weighted by atomic mass is 10.00. The Hall–Kier alpha value is -3.16. The molecule has 0 bridgehead atoms. The Morgan fingerprint density at radius 1 is 1.16 bits per heavy atom. The second-order valence-corrected chi connectivity index (χ2v) is 8.72. The van der Waals surface area contributed by atoms with E-state index < -0.39 is 0 Å². The van der Waals surface area contributed by atoms with E-state index >= 15 is 0 Å². The van der Waals surface area contributed by atoms with E-state index in [0.29, 0.717) is 22.8 Å². The van der Waals surface area contributed by atoms with Crippen LogP contribution in [0.4, 0.5) is 0 Å². The molecule has 0 fully saturated rings. The van der Waals surface area contributed by atoms with Crippen LogP contribution in [0.25, 0.3) is 0 Å². The Balaban J connectivity index is 1.61. The second-order valence-electron chi connectivity index (χ2n) is 7.37. The minimum atomic E-state index is -0.320. The average molecular weight is 468 g/mol. The van der Waals surface area contributed by atoms with E-state index in [0.717, 1.165) is 16.2 Å². The summed E-state index contributed by atoms with van der Waals surface area (Å²) in [4.78, 5) is 28.5. The van der Waals surface area contributed by atoms with Crippen LogP contribution in [0.1, 0.15) is 33.3 Å². The van der Waals surface area contributed by atoms with Gasteiger partial charge in [-0.25, -0.2) is 5.01 Å². The third-order valence-electron chi connectivity index (χ3n) is 5.29. The maximum Gasteiger partial charge on any atom is 0.262 e. The number of ether oxygens (including phenoxy) is 1. The number of hydrazone groups is 1. The van der Waals surface area contributed by atoms with Gasteiger partial charge in [0, 0.05) is 19.0 Å². The molecule has 0 N–H and O–H groups in total. The largest absolute Gasteiger partial charge is 0.496 e. The zero-order valence-electron chi connectivity index (χ0n) is 17.7. The molecule has 32 heavy (non-hydrogen) atoms. The van der Waals surface area contributed by atoms with Crippen LogP contribution in [0.5, 0.6) is 5.75 Å². The third kappa shape index (κ3) is 4.40. The van der Waals surface area contributed by atoms with Gasteiger partial charge in [-0.15, -0.1) is 11.3 Å². The molecule has 2 aromatic carbocycles. The summed E-state index contributed by atoms with van der Waals surface area (Å²) in [6.07, 6.45) is 0.564. The summed E-state index contributed by atoms with van der Waals surface area (Å²) >= 11 is 7.74. The Bertz CT molecular complexity index is 1160. The minimum Gasteiger partial charge on any atom is -0.496 e. The van der Waals surface area contributed by atoms with Gasteiger partial charge in [0.1, 0.15) is 12.3 Å². The van der Waals surface area contributed by atoms with Crippen LogP contribution >= 0.6 is 22.9 Å². The topological polar surface area (TPSA) is 62.2 Å². The number of nitrogens with zero attached hydrogens (tertiary/aromatic N) is 3. The Morgan fingerprint density at radius 2 is 1.91 bits per heavy atom. The van der Waals surface area contributed by atoms with Gasteiger partial charge in [0.25, 0.3) is 11.8 Å².